The van der Waals surface area contributed by atoms with Gasteiger partial charge in [-0.25, -0.2) is 14.4 Å². The lowest BCUT2D eigenvalue weighted by atomic mass is 10.1. The van der Waals surface area contributed by atoms with E-state index in [4.69, 9.17) is 9.97 Å². The molecule has 0 atom stereocenters. The van der Waals surface area contributed by atoms with Crippen molar-refractivity contribution in [1.29, 1.82) is 0 Å². The van der Waals surface area contributed by atoms with E-state index >= 15 is 0 Å². The molecule has 1 N–H and O–H groups in total. The second-order valence-corrected chi connectivity index (χ2v) is 5.64. The summed E-state index contributed by atoms with van der Waals surface area (Å²) in [5, 5.41) is 4.27. The van der Waals surface area contributed by atoms with E-state index in [0.29, 0.717) is 5.95 Å². The molecule has 2 aromatic carbocycles. The standard InChI is InChI=1S/C18H17FN4/c19-14-5-3-4-13(12-14)17-15-6-1-2-7-16(15)21-18(22-17)23-10-8-20-9-11-23/h1-7,12,20H,8-11H2. The highest BCUT2D eigenvalue weighted by atomic mass is 19.1. The van der Waals surface area contributed by atoms with Gasteiger partial charge in [0.15, 0.2) is 0 Å². The number of hydrogen-bond donors (Lipinski definition) is 1. The Bertz CT molecular complexity index is 843. The summed E-state index contributed by atoms with van der Waals surface area (Å²) in [5.41, 5.74) is 2.44. The molecule has 4 rings (SSSR count). The van der Waals surface area contributed by atoms with Crippen LogP contribution in [-0.2, 0) is 0 Å². The summed E-state index contributed by atoms with van der Waals surface area (Å²) in [6, 6.07) is 14.5. The molecule has 23 heavy (non-hydrogen) atoms. The Labute approximate surface area is 134 Å². The number of hydrogen-bond acceptors (Lipinski definition) is 4. The quantitative estimate of drug-likeness (QED) is 0.790. The van der Waals surface area contributed by atoms with Crippen LogP contribution >= 0.6 is 0 Å². The van der Waals surface area contributed by atoms with Crippen LogP contribution in [-0.4, -0.2) is 36.1 Å². The minimum atomic E-state index is -0.256. The third-order valence-corrected chi connectivity index (χ3v) is 4.09. The Kier molecular flexibility index (Phi) is 3.63. The van der Waals surface area contributed by atoms with Gasteiger partial charge in [-0.1, -0.05) is 30.3 Å². The van der Waals surface area contributed by atoms with E-state index in [2.05, 4.69) is 10.2 Å². The van der Waals surface area contributed by atoms with E-state index in [1.807, 2.05) is 30.3 Å². The molecule has 1 aromatic heterocycles. The van der Waals surface area contributed by atoms with Gasteiger partial charge in [-0.3, -0.25) is 0 Å². The van der Waals surface area contributed by atoms with Gasteiger partial charge in [0.05, 0.1) is 11.2 Å². The molecule has 0 spiro atoms. The van der Waals surface area contributed by atoms with Crippen molar-refractivity contribution in [2.24, 2.45) is 0 Å². The van der Waals surface area contributed by atoms with Crippen LogP contribution in [0.25, 0.3) is 22.2 Å². The molecule has 1 aliphatic heterocycles. The van der Waals surface area contributed by atoms with Crippen LogP contribution in [0.2, 0.25) is 0 Å². The number of benzene rings is 2. The van der Waals surface area contributed by atoms with Crippen molar-refractivity contribution in [2.45, 2.75) is 0 Å². The lowest BCUT2D eigenvalue weighted by Crippen LogP contribution is -2.44. The van der Waals surface area contributed by atoms with Crippen molar-refractivity contribution in [1.82, 2.24) is 15.3 Å². The van der Waals surface area contributed by atoms with Gasteiger partial charge < -0.3 is 10.2 Å². The van der Waals surface area contributed by atoms with Crippen LogP contribution < -0.4 is 10.2 Å². The summed E-state index contributed by atoms with van der Waals surface area (Å²) in [7, 11) is 0. The Morgan fingerprint density at radius 2 is 1.78 bits per heavy atom. The van der Waals surface area contributed by atoms with Crippen LogP contribution in [0, 0.1) is 5.82 Å². The molecule has 0 unspecified atom stereocenters. The Morgan fingerprint density at radius 1 is 0.957 bits per heavy atom. The third-order valence-electron chi connectivity index (χ3n) is 4.09. The molecule has 4 nitrogen and oxygen atoms in total. The van der Waals surface area contributed by atoms with Gasteiger partial charge in [-0.05, 0) is 18.2 Å². The maximum atomic E-state index is 13.6. The molecule has 1 saturated heterocycles. The molecule has 1 fully saturated rings. The van der Waals surface area contributed by atoms with Gasteiger partial charge in [-0.2, -0.15) is 0 Å². The lowest BCUT2D eigenvalue weighted by Gasteiger charge is -2.28. The minimum Gasteiger partial charge on any atom is -0.338 e. The second-order valence-electron chi connectivity index (χ2n) is 5.64. The summed E-state index contributed by atoms with van der Waals surface area (Å²) in [5.74, 6) is 0.457. The summed E-state index contributed by atoms with van der Waals surface area (Å²) in [6.45, 7) is 3.60. The summed E-state index contributed by atoms with van der Waals surface area (Å²) in [4.78, 5) is 11.6. The molecule has 1 aliphatic rings. The zero-order valence-electron chi connectivity index (χ0n) is 12.7. The molecule has 0 saturated carbocycles. The van der Waals surface area contributed by atoms with E-state index in [-0.39, 0.29) is 5.82 Å². The Hall–Kier alpha value is -2.53. The van der Waals surface area contributed by atoms with Crippen molar-refractivity contribution in [3.63, 3.8) is 0 Å². The van der Waals surface area contributed by atoms with Crippen molar-refractivity contribution < 1.29 is 4.39 Å². The second kappa shape index (κ2) is 5.93. The number of halogens is 1. The molecule has 3 aromatic rings. The minimum absolute atomic E-state index is 0.256. The fourth-order valence-corrected chi connectivity index (χ4v) is 2.93. The molecule has 0 radical (unpaired) electrons. The maximum absolute atomic E-state index is 13.6. The molecule has 5 heteroatoms. The van der Waals surface area contributed by atoms with Gasteiger partial charge in [0.25, 0.3) is 0 Å². The summed E-state index contributed by atoms with van der Waals surface area (Å²) < 4.78 is 13.6. The van der Waals surface area contributed by atoms with Gasteiger partial charge in [0.2, 0.25) is 5.95 Å². The Morgan fingerprint density at radius 3 is 2.61 bits per heavy atom. The zero-order chi connectivity index (χ0) is 15.6. The van der Waals surface area contributed by atoms with Crippen LogP contribution in [0.15, 0.2) is 48.5 Å². The maximum Gasteiger partial charge on any atom is 0.226 e. The van der Waals surface area contributed by atoms with Gasteiger partial charge >= 0.3 is 0 Å². The van der Waals surface area contributed by atoms with Crippen LogP contribution in [0.5, 0.6) is 0 Å². The van der Waals surface area contributed by atoms with Crippen molar-refractivity contribution in [3.05, 3.63) is 54.3 Å². The van der Waals surface area contributed by atoms with Gasteiger partial charge in [0.1, 0.15) is 5.82 Å². The SMILES string of the molecule is Fc1cccc(-c2nc(N3CCNCC3)nc3ccccc23)c1. The fraction of sp³-hybridized carbons (Fsp3) is 0.222. The molecular weight excluding hydrogens is 291 g/mol. The normalized spacial score (nSPS) is 15.1. The largest absolute Gasteiger partial charge is 0.338 e. The van der Waals surface area contributed by atoms with E-state index in [0.717, 1.165) is 48.3 Å². The number of piperazine rings is 1. The first-order valence-corrected chi connectivity index (χ1v) is 7.80. The zero-order valence-corrected chi connectivity index (χ0v) is 12.7. The average Bonchev–Trinajstić information content (AvgIpc) is 2.61. The number of nitrogens with zero attached hydrogens (tertiary/aromatic N) is 3. The number of para-hydroxylation sites is 1. The Balaban J connectivity index is 1.90. The molecule has 2 heterocycles. The lowest BCUT2D eigenvalue weighted by molar-refractivity contribution is 0.581. The average molecular weight is 308 g/mol. The van der Waals surface area contributed by atoms with Gasteiger partial charge in [0, 0.05) is 37.1 Å². The molecule has 116 valence electrons. The van der Waals surface area contributed by atoms with Crippen LogP contribution in [0.3, 0.4) is 0 Å². The van der Waals surface area contributed by atoms with Gasteiger partial charge in [-0.15, -0.1) is 0 Å². The highest BCUT2D eigenvalue weighted by Crippen LogP contribution is 2.28. The van der Waals surface area contributed by atoms with E-state index in [1.54, 1.807) is 6.07 Å². The topological polar surface area (TPSA) is 41.1 Å². The number of nitrogens with one attached hydrogen (secondary N) is 1. The van der Waals surface area contributed by atoms with Crippen molar-refractivity contribution >= 4 is 16.9 Å². The molecular formula is C18H17FN4. The monoisotopic (exact) mass is 308 g/mol. The molecule has 0 bridgehead atoms. The predicted molar refractivity (Wildman–Crippen MR) is 90.0 cm³/mol. The first kappa shape index (κ1) is 14.1. The molecule has 0 aliphatic carbocycles. The third kappa shape index (κ3) is 2.75. The summed E-state index contributed by atoms with van der Waals surface area (Å²) in [6.07, 6.45) is 0. The summed E-state index contributed by atoms with van der Waals surface area (Å²) >= 11 is 0. The first-order valence-electron chi connectivity index (χ1n) is 7.80. The first-order chi connectivity index (χ1) is 11.3. The van der Waals surface area contributed by atoms with E-state index in [1.165, 1.54) is 12.1 Å². The highest BCUT2D eigenvalue weighted by molar-refractivity contribution is 5.93. The number of fused-ring (bicyclic) bond motifs is 1. The fourth-order valence-electron chi connectivity index (χ4n) is 2.93. The van der Waals surface area contributed by atoms with Crippen LogP contribution in [0.4, 0.5) is 10.3 Å². The van der Waals surface area contributed by atoms with E-state index in [9.17, 15) is 4.39 Å². The highest BCUT2D eigenvalue weighted by Gasteiger charge is 2.16. The molecule has 0 amide bonds. The number of anilines is 1. The predicted octanol–water partition coefficient (Wildman–Crippen LogP) is 2.85. The smallest absolute Gasteiger partial charge is 0.226 e. The number of rotatable bonds is 2. The number of aromatic nitrogens is 2. The van der Waals surface area contributed by atoms with Crippen molar-refractivity contribution in [2.75, 3.05) is 31.1 Å². The van der Waals surface area contributed by atoms with Crippen LogP contribution in [0.1, 0.15) is 0 Å². The van der Waals surface area contributed by atoms with Crippen molar-refractivity contribution in [3.8, 4) is 11.3 Å². The van der Waals surface area contributed by atoms with E-state index < -0.39 is 0 Å².